The minimum Gasteiger partial charge on any atom is -0.469 e. The lowest BCUT2D eigenvalue weighted by Gasteiger charge is -2.08. The van der Waals surface area contributed by atoms with Crippen molar-refractivity contribution in [1.29, 1.82) is 0 Å². The predicted octanol–water partition coefficient (Wildman–Crippen LogP) is 1.92. The monoisotopic (exact) mass is 243 g/mol. The van der Waals surface area contributed by atoms with Gasteiger partial charge in [0, 0.05) is 10.5 Å². The van der Waals surface area contributed by atoms with Gasteiger partial charge in [-0.15, -0.1) is 0 Å². The number of benzene rings is 1. The van der Waals surface area contributed by atoms with Crippen LogP contribution in [-0.4, -0.2) is 18.0 Å². The van der Waals surface area contributed by atoms with E-state index >= 15 is 0 Å². The highest BCUT2D eigenvalue weighted by Crippen LogP contribution is 2.24. The number of alkyl halides is 1. The molecule has 5 nitrogen and oxygen atoms in total. The molecule has 6 heteroatoms. The molecule has 0 aliphatic heterocycles. The van der Waals surface area contributed by atoms with Gasteiger partial charge in [0.25, 0.3) is 0 Å². The number of methoxy groups -OCH3 is 1. The summed E-state index contributed by atoms with van der Waals surface area (Å²) >= 11 is 5.62. The molecule has 0 N–H and O–H groups in total. The van der Waals surface area contributed by atoms with E-state index in [4.69, 9.17) is 11.6 Å². The van der Waals surface area contributed by atoms with Crippen LogP contribution in [0.15, 0.2) is 24.3 Å². The number of hydrogen-bond acceptors (Lipinski definition) is 4. The lowest BCUT2D eigenvalue weighted by atomic mass is 10.0. The second kappa shape index (κ2) is 5.46. The number of rotatable bonds is 4. The molecule has 0 heterocycles. The molecule has 1 unspecified atom stereocenters. The first-order valence-electron chi connectivity index (χ1n) is 4.48. The lowest BCUT2D eigenvalue weighted by molar-refractivity contribution is -0.503. The summed E-state index contributed by atoms with van der Waals surface area (Å²) in [6.45, 7) is 0. The van der Waals surface area contributed by atoms with E-state index in [2.05, 4.69) is 4.74 Å². The van der Waals surface area contributed by atoms with Gasteiger partial charge in [0.2, 0.25) is 0 Å². The van der Waals surface area contributed by atoms with E-state index in [1.807, 2.05) is 0 Å². The van der Waals surface area contributed by atoms with Gasteiger partial charge in [0.05, 0.1) is 13.5 Å². The van der Waals surface area contributed by atoms with Gasteiger partial charge < -0.3 is 4.74 Å². The summed E-state index contributed by atoms with van der Waals surface area (Å²) in [5.41, 5.74) is -0.522. The van der Waals surface area contributed by atoms with Crippen molar-refractivity contribution in [3.8, 4) is 0 Å². The van der Waals surface area contributed by atoms with E-state index in [1.54, 1.807) is 18.2 Å². The van der Waals surface area contributed by atoms with E-state index in [9.17, 15) is 14.9 Å². The number of esters is 1. The van der Waals surface area contributed by atoms with Crippen LogP contribution in [0.3, 0.4) is 0 Å². The molecule has 0 aliphatic carbocycles. The number of halogens is 1. The van der Waals surface area contributed by atoms with E-state index in [1.165, 1.54) is 13.2 Å². The third kappa shape index (κ3) is 2.93. The predicted molar refractivity (Wildman–Crippen MR) is 57.8 cm³/mol. The second-order valence-corrected chi connectivity index (χ2v) is 3.49. The molecule has 1 aromatic carbocycles. The normalized spacial score (nSPS) is 11.9. The van der Waals surface area contributed by atoms with E-state index in [-0.39, 0.29) is 6.42 Å². The molecule has 0 fully saturated rings. The molecular weight excluding hydrogens is 234 g/mol. The second-order valence-electron chi connectivity index (χ2n) is 3.07. The summed E-state index contributed by atoms with van der Waals surface area (Å²) in [6, 6.07) is 6.46. The number of carbonyl (C=O) groups is 1. The number of ether oxygens (including phenoxy) is 1. The summed E-state index contributed by atoms with van der Waals surface area (Å²) in [4.78, 5) is 21.0. The average molecular weight is 244 g/mol. The maximum atomic E-state index is 11.1. The Morgan fingerprint density at radius 1 is 1.56 bits per heavy atom. The van der Waals surface area contributed by atoms with Gasteiger partial charge in [-0.25, -0.2) is 0 Å². The van der Waals surface area contributed by atoms with Crippen LogP contribution in [0.4, 0.5) is 0 Å². The van der Waals surface area contributed by atoms with Crippen LogP contribution < -0.4 is 0 Å². The molecule has 0 amide bonds. The molecule has 0 aliphatic rings. The van der Waals surface area contributed by atoms with Crippen molar-refractivity contribution in [2.45, 2.75) is 11.9 Å². The Hall–Kier alpha value is -1.62. The Kier molecular flexibility index (Phi) is 4.25. The van der Waals surface area contributed by atoms with Crippen molar-refractivity contribution in [2.75, 3.05) is 7.11 Å². The van der Waals surface area contributed by atoms with Crippen LogP contribution in [0, 0.1) is 10.1 Å². The van der Waals surface area contributed by atoms with Crippen LogP contribution in [0.25, 0.3) is 0 Å². The molecule has 0 saturated carbocycles. The number of nitro groups is 1. The first-order valence-corrected chi connectivity index (χ1v) is 4.92. The summed E-state index contributed by atoms with van der Waals surface area (Å²) in [5, 5.41) is 10.6. The van der Waals surface area contributed by atoms with Crippen LogP contribution in [0.2, 0.25) is 0 Å². The molecular formula is C10H10ClNO4. The van der Waals surface area contributed by atoms with Gasteiger partial charge in [-0.2, -0.15) is 0 Å². The standard InChI is InChI=1S/C10H10ClNO4/c1-16-9(13)6-7-4-2-3-5-8(7)10(11)12(14)15/h2-5,10H,6H2,1H3. The zero-order chi connectivity index (χ0) is 12.1. The molecule has 16 heavy (non-hydrogen) atoms. The van der Waals surface area contributed by atoms with Gasteiger partial charge in [-0.05, 0) is 17.2 Å². The van der Waals surface area contributed by atoms with Crippen molar-refractivity contribution < 1.29 is 14.5 Å². The first-order chi connectivity index (χ1) is 7.56. The molecule has 0 aromatic heterocycles. The molecule has 1 aromatic rings. The molecule has 1 atom stereocenters. The van der Waals surface area contributed by atoms with E-state index < -0.39 is 16.4 Å². The number of carbonyl (C=O) groups excluding carboxylic acids is 1. The van der Waals surface area contributed by atoms with Gasteiger partial charge >= 0.3 is 11.5 Å². The van der Waals surface area contributed by atoms with Gasteiger partial charge in [0.1, 0.15) is 0 Å². The highest BCUT2D eigenvalue weighted by atomic mass is 35.5. The smallest absolute Gasteiger partial charge is 0.311 e. The summed E-state index contributed by atoms with van der Waals surface area (Å²) < 4.78 is 4.50. The minimum atomic E-state index is -1.35. The van der Waals surface area contributed by atoms with Crippen molar-refractivity contribution in [2.24, 2.45) is 0 Å². The fourth-order valence-corrected chi connectivity index (χ4v) is 1.48. The summed E-state index contributed by atoms with van der Waals surface area (Å²) in [7, 11) is 1.26. The first kappa shape index (κ1) is 12.4. The van der Waals surface area contributed by atoms with Crippen molar-refractivity contribution in [3.05, 3.63) is 45.5 Å². The largest absolute Gasteiger partial charge is 0.469 e. The zero-order valence-electron chi connectivity index (χ0n) is 8.55. The molecule has 1 rings (SSSR count). The van der Waals surface area contributed by atoms with E-state index in [0.29, 0.717) is 11.1 Å². The topological polar surface area (TPSA) is 69.4 Å². The van der Waals surface area contributed by atoms with Crippen molar-refractivity contribution in [3.63, 3.8) is 0 Å². The SMILES string of the molecule is COC(=O)Cc1ccccc1C(Cl)[N+](=O)[O-]. The molecule has 0 saturated heterocycles. The maximum absolute atomic E-state index is 11.1. The Balaban J connectivity index is 3.00. The van der Waals surface area contributed by atoms with Crippen LogP contribution in [-0.2, 0) is 16.0 Å². The Morgan fingerprint density at radius 3 is 2.75 bits per heavy atom. The van der Waals surface area contributed by atoms with Crippen LogP contribution in [0.5, 0.6) is 0 Å². The fraction of sp³-hybridized carbons (Fsp3) is 0.300. The van der Waals surface area contributed by atoms with Gasteiger partial charge in [-0.1, -0.05) is 24.3 Å². The third-order valence-corrected chi connectivity index (χ3v) is 2.45. The Labute approximate surface area is 97.1 Å². The summed E-state index contributed by atoms with van der Waals surface area (Å²) in [6.07, 6.45) is -0.0241. The van der Waals surface area contributed by atoms with Crippen molar-refractivity contribution >= 4 is 17.6 Å². The summed E-state index contributed by atoms with van der Waals surface area (Å²) in [5.74, 6) is -0.459. The highest BCUT2D eigenvalue weighted by molar-refractivity contribution is 6.19. The molecule has 0 radical (unpaired) electrons. The minimum absolute atomic E-state index is 0.0241. The van der Waals surface area contributed by atoms with Gasteiger partial charge in [-0.3, -0.25) is 14.9 Å². The van der Waals surface area contributed by atoms with E-state index in [0.717, 1.165) is 0 Å². The van der Waals surface area contributed by atoms with Crippen LogP contribution in [0.1, 0.15) is 16.6 Å². The third-order valence-electron chi connectivity index (χ3n) is 2.06. The highest BCUT2D eigenvalue weighted by Gasteiger charge is 2.22. The quantitative estimate of drug-likeness (QED) is 0.266. The number of hydrogen-bond donors (Lipinski definition) is 0. The molecule has 0 spiro atoms. The van der Waals surface area contributed by atoms with Crippen molar-refractivity contribution in [1.82, 2.24) is 0 Å². The Morgan fingerprint density at radius 2 is 2.19 bits per heavy atom. The maximum Gasteiger partial charge on any atom is 0.311 e. The fourth-order valence-electron chi connectivity index (χ4n) is 1.27. The van der Waals surface area contributed by atoms with Crippen LogP contribution >= 0.6 is 11.6 Å². The molecule has 86 valence electrons. The van der Waals surface area contributed by atoms with Gasteiger partial charge in [0.15, 0.2) is 0 Å². The average Bonchev–Trinajstić information content (AvgIpc) is 2.28. The molecule has 0 bridgehead atoms. The lowest BCUT2D eigenvalue weighted by Crippen LogP contribution is -2.11. The Bertz CT molecular complexity index is 408. The number of nitrogens with zero attached hydrogens (tertiary/aromatic N) is 1. The zero-order valence-corrected chi connectivity index (χ0v) is 9.31.